The van der Waals surface area contributed by atoms with Crippen LogP contribution in [0.4, 0.5) is 15.9 Å². The number of anilines is 2. The number of nitrogens with one attached hydrogen (secondary N) is 1. The van der Waals surface area contributed by atoms with Gasteiger partial charge in [-0.3, -0.25) is 0 Å². The summed E-state index contributed by atoms with van der Waals surface area (Å²) in [4.78, 5) is 10.3. The molecule has 0 bridgehead atoms. The fourth-order valence-electron chi connectivity index (χ4n) is 3.01. The van der Waals surface area contributed by atoms with Gasteiger partial charge in [0.2, 0.25) is 0 Å². The van der Waals surface area contributed by atoms with Crippen molar-refractivity contribution in [3.8, 4) is 11.5 Å². The lowest BCUT2D eigenvalue weighted by Crippen LogP contribution is -2.34. The number of ether oxygens (including phenoxy) is 2. The van der Waals surface area contributed by atoms with Crippen molar-refractivity contribution in [2.45, 2.75) is 6.10 Å². The van der Waals surface area contributed by atoms with E-state index in [4.69, 9.17) is 26.2 Å². The van der Waals surface area contributed by atoms with Crippen LogP contribution in [0.2, 0.25) is 5.02 Å². The fraction of sp³-hybridized carbons (Fsp3) is 0.333. The highest BCUT2D eigenvalue weighted by Crippen LogP contribution is 2.35. The molecule has 0 amide bonds. The second kappa shape index (κ2) is 10.5. The maximum Gasteiger partial charge on any atom is 0.163 e. The molecule has 0 radical (unpaired) electrons. The Hall–Kier alpha value is -2.72. The van der Waals surface area contributed by atoms with Gasteiger partial charge in [-0.05, 0) is 31.3 Å². The Bertz CT molecular complexity index is 1040. The average molecular weight is 451 g/mol. The van der Waals surface area contributed by atoms with Crippen molar-refractivity contribution in [1.29, 1.82) is 0 Å². The Balaban J connectivity index is 1.82. The van der Waals surface area contributed by atoms with Crippen LogP contribution in [-0.4, -0.2) is 71.6 Å². The number of nitrogens with zero attached hydrogens (tertiary/aromatic N) is 3. The van der Waals surface area contributed by atoms with Crippen LogP contribution in [0.5, 0.6) is 11.5 Å². The zero-order chi connectivity index (χ0) is 22.4. The highest BCUT2D eigenvalue weighted by molar-refractivity contribution is 6.30. The van der Waals surface area contributed by atoms with Crippen LogP contribution in [0.15, 0.2) is 36.7 Å². The van der Waals surface area contributed by atoms with Crippen LogP contribution in [0.3, 0.4) is 0 Å². The van der Waals surface area contributed by atoms with E-state index in [1.807, 2.05) is 0 Å². The van der Waals surface area contributed by atoms with Gasteiger partial charge in [0, 0.05) is 29.6 Å². The maximum absolute atomic E-state index is 14.2. The van der Waals surface area contributed by atoms with Crippen molar-refractivity contribution in [2.24, 2.45) is 0 Å². The number of hydrogen-bond acceptors (Lipinski definition) is 8. The van der Waals surface area contributed by atoms with E-state index in [9.17, 15) is 9.50 Å². The Morgan fingerprint density at radius 3 is 2.74 bits per heavy atom. The molecule has 3 aromatic rings. The van der Waals surface area contributed by atoms with Crippen LogP contribution in [0, 0.1) is 5.82 Å². The third-order valence-corrected chi connectivity index (χ3v) is 4.78. The number of halogens is 2. The summed E-state index contributed by atoms with van der Waals surface area (Å²) in [7, 11) is 3.29. The normalized spacial score (nSPS) is 12.2. The van der Waals surface area contributed by atoms with Gasteiger partial charge in [0.25, 0.3) is 0 Å². The van der Waals surface area contributed by atoms with E-state index in [1.165, 1.54) is 25.6 Å². The van der Waals surface area contributed by atoms with Crippen molar-refractivity contribution in [3.63, 3.8) is 0 Å². The molecule has 0 fully saturated rings. The van der Waals surface area contributed by atoms with Gasteiger partial charge in [-0.2, -0.15) is 0 Å². The molecule has 1 unspecified atom stereocenters. The minimum absolute atomic E-state index is 0.0125. The SMILES string of the molecule is COc1cc2c(Nc3ccc(Cl)cc3F)ncnc2cc1OCC(O)CN(C)CCO. The summed E-state index contributed by atoms with van der Waals surface area (Å²) < 4.78 is 25.4. The van der Waals surface area contributed by atoms with Gasteiger partial charge in [-0.25, -0.2) is 14.4 Å². The van der Waals surface area contributed by atoms with E-state index in [-0.39, 0.29) is 18.9 Å². The van der Waals surface area contributed by atoms with Crippen LogP contribution in [0.1, 0.15) is 0 Å². The Kier molecular flexibility index (Phi) is 7.80. The largest absolute Gasteiger partial charge is 0.493 e. The van der Waals surface area contributed by atoms with E-state index in [1.54, 1.807) is 30.1 Å². The Labute approximate surface area is 184 Å². The first-order valence-electron chi connectivity index (χ1n) is 9.56. The molecule has 166 valence electrons. The number of methoxy groups -OCH3 is 1. The molecular formula is C21H24ClFN4O4. The van der Waals surface area contributed by atoms with Gasteiger partial charge in [0.1, 0.15) is 30.7 Å². The summed E-state index contributed by atoms with van der Waals surface area (Å²) in [6, 6.07) is 7.67. The topological polar surface area (TPSA) is 100.0 Å². The summed E-state index contributed by atoms with van der Waals surface area (Å²) in [5, 5.41) is 23.0. The molecule has 2 aromatic carbocycles. The lowest BCUT2D eigenvalue weighted by atomic mass is 10.2. The molecule has 10 heteroatoms. The third-order valence-electron chi connectivity index (χ3n) is 4.54. The van der Waals surface area contributed by atoms with Crippen molar-refractivity contribution in [1.82, 2.24) is 14.9 Å². The number of hydrogen-bond donors (Lipinski definition) is 3. The molecule has 0 aliphatic heterocycles. The van der Waals surface area contributed by atoms with Gasteiger partial charge in [-0.1, -0.05) is 11.6 Å². The number of aliphatic hydroxyl groups excluding tert-OH is 2. The van der Waals surface area contributed by atoms with Gasteiger partial charge >= 0.3 is 0 Å². The predicted octanol–water partition coefficient (Wildman–Crippen LogP) is 2.84. The molecule has 1 heterocycles. The lowest BCUT2D eigenvalue weighted by molar-refractivity contribution is 0.0701. The zero-order valence-electron chi connectivity index (χ0n) is 17.2. The summed E-state index contributed by atoms with van der Waals surface area (Å²) in [5.74, 6) is 0.701. The van der Waals surface area contributed by atoms with Gasteiger partial charge in [0.15, 0.2) is 11.5 Å². The molecule has 0 aliphatic rings. The second-order valence-electron chi connectivity index (χ2n) is 6.94. The van der Waals surface area contributed by atoms with E-state index in [0.29, 0.717) is 46.3 Å². The van der Waals surface area contributed by atoms with Gasteiger partial charge < -0.3 is 29.9 Å². The molecule has 31 heavy (non-hydrogen) atoms. The lowest BCUT2D eigenvalue weighted by Gasteiger charge is -2.20. The Morgan fingerprint density at radius 2 is 2.03 bits per heavy atom. The molecule has 1 aromatic heterocycles. The molecule has 0 saturated carbocycles. The van der Waals surface area contributed by atoms with Crippen LogP contribution in [-0.2, 0) is 0 Å². The molecule has 3 N–H and O–H groups in total. The van der Waals surface area contributed by atoms with Crippen LogP contribution >= 0.6 is 11.6 Å². The molecule has 3 rings (SSSR count). The molecule has 8 nitrogen and oxygen atoms in total. The predicted molar refractivity (Wildman–Crippen MR) is 117 cm³/mol. The summed E-state index contributed by atoms with van der Waals surface area (Å²) in [6.45, 7) is 0.846. The maximum atomic E-state index is 14.2. The zero-order valence-corrected chi connectivity index (χ0v) is 17.9. The molecule has 0 saturated heterocycles. The van der Waals surface area contributed by atoms with Gasteiger partial charge in [0.05, 0.1) is 24.9 Å². The molecule has 0 aliphatic carbocycles. The molecule has 0 spiro atoms. The standard InChI is InChI=1S/C21H24ClFN4O4/c1-27(5-6-28)10-14(29)11-31-20-9-18-15(8-19(20)30-2)21(25-12-24-18)26-17-4-3-13(22)7-16(17)23/h3-4,7-9,12,14,28-29H,5-6,10-11H2,1-2H3,(H,24,25,26). The first-order chi connectivity index (χ1) is 14.9. The number of likely N-dealkylation sites (N-methyl/N-ethyl adjacent to an activating group) is 1. The quantitative estimate of drug-likeness (QED) is 0.433. The minimum Gasteiger partial charge on any atom is -0.493 e. The van der Waals surface area contributed by atoms with E-state index in [2.05, 4.69) is 15.3 Å². The highest BCUT2D eigenvalue weighted by atomic mass is 35.5. The van der Waals surface area contributed by atoms with E-state index < -0.39 is 11.9 Å². The summed E-state index contributed by atoms with van der Waals surface area (Å²) in [6.07, 6.45) is 0.598. The number of benzene rings is 2. The fourth-order valence-corrected chi connectivity index (χ4v) is 3.17. The second-order valence-corrected chi connectivity index (χ2v) is 7.38. The van der Waals surface area contributed by atoms with Gasteiger partial charge in [-0.15, -0.1) is 0 Å². The van der Waals surface area contributed by atoms with Crippen molar-refractivity contribution >= 4 is 34.0 Å². The monoisotopic (exact) mass is 450 g/mol. The number of rotatable bonds is 10. The smallest absolute Gasteiger partial charge is 0.163 e. The van der Waals surface area contributed by atoms with Crippen LogP contribution < -0.4 is 14.8 Å². The number of aliphatic hydroxyl groups is 2. The van der Waals surface area contributed by atoms with Crippen molar-refractivity contribution < 1.29 is 24.1 Å². The molecule has 1 atom stereocenters. The van der Waals surface area contributed by atoms with E-state index >= 15 is 0 Å². The molecular weight excluding hydrogens is 427 g/mol. The van der Waals surface area contributed by atoms with Crippen LogP contribution in [0.25, 0.3) is 10.9 Å². The Morgan fingerprint density at radius 1 is 1.23 bits per heavy atom. The van der Waals surface area contributed by atoms with Crippen molar-refractivity contribution in [3.05, 3.63) is 47.5 Å². The third kappa shape index (κ3) is 5.92. The summed E-state index contributed by atoms with van der Waals surface area (Å²) in [5.41, 5.74) is 0.772. The van der Waals surface area contributed by atoms with Crippen molar-refractivity contribution in [2.75, 3.05) is 45.8 Å². The number of aromatic nitrogens is 2. The average Bonchev–Trinajstić information content (AvgIpc) is 2.73. The highest BCUT2D eigenvalue weighted by Gasteiger charge is 2.15. The number of fused-ring (bicyclic) bond motifs is 1. The first kappa shape index (κ1) is 23.0. The minimum atomic E-state index is -0.757. The van der Waals surface area contributed by atoms with E-state index in [0.717, 1.165) is 0 Å². The first-order valence-corrected chi connectivity index (χ1v) is 9.94. The summed E-state index contributed by atoms with van der Waals surface area (Å²) >= 11 is 5.81.